The lowest BCUT2D eigenvalue weighted by atomic mass is 10.2. The zero-order valence-electron chi connectivity index (χ0n) is 11.0. The molecule has 102 valence electrons. The second kappa shape index (κ2) is 7.20. The number of nitrogens with one attached hydrogen (secondary N) is 1. The highest BCUT2D eigenvalue weighted by Crippen LogP contribution is 2.16. The Morgan fingerprint density at radius 1 is 1.32 bits per heavy atom. The lowest BCUT2D eigenvalue weighted by Gasteiger charge is -2.07. The van der Waals surface area contributed by atoms with E-state index in [1.165, 1.54) is 0 Å². The molecule has 0 aromatic heterocycles. The number of carbonyl (C=O) groups excluding carboxylic acids is 1. The number of ether oxygens (including phenoxy) is 1. The Bertz CT molecular complexity index is 477. The number of carboxylic acid groups (broad SMARTS) is 1. The first-order valence-corrected chi connectivity index (χ1v) is 5.95. The molecule has 1 aromatic carbocycles. The predicted octanol–water partition coefficient (Wildman–Crippen LogP) is 2.44. The van der Waals surface area contributed by atoms with Gasteiger partial charge in [0.05, 0.1) is 0 Å². The molecular weight excluding hydrogens is 246 g/mol. The lowest BCUT2D eigenvalue weighted by molar-refractivity contribution is -0.139. The highest BCUT2D eigenvalue weighted by Gasteiger charge is 2.04. The number of carboxylic acids is 1. The zero-order chi connectivity index (χ0) is 14.3. The van der Waals surface area contributed by atoms with Crippen LogP contribution >= 0.6 is 0 Å². The number of carbonyl (C=O) groups is 2. The summed E-state index contributed by atoms with van der Waals surface area (Å²) in [4.78, 5) is 22.0. The van der Waals surface area contributed by atoms with E-state index in [0.717, 1.165) is 6.42 Å². The van der Waals surface area contributed by atoms with Crippen LogP contribution in [0.25, 0.3) is 0 Å². The molecule has 0 heterocycles. The average molecular weight is 263 g/mol. The minimum absolute atomic E-state index is 0.152. The molecule has 0 unspecified atom stereocenters. The summed E-state index contributed by atoms with van der Waals surface area (Å²) in [7, 11) is 0. The topological polar surface area (TPSA) is 75.6 Å². The van der Waals surface area contributed by atoms with Gasteiger partial charge in [0.2, 0.25) is 0 Å². The maximum Gasteiger partial charge on any atom is 0.341 e. The maximum absolute atomic E-state index is 11.7. The van der Waals surface area contributed by atoms with Crippen LogP contribution in [0, 0.1) is 0 Å². The molecule has 0 aliphatic heterocycles. The van der Waals surface area contributed by atoms with Crippen molar-refractivity contribution in [2.24, 2.45) is 0 Å². The summed E-state index contributed by atoms with van der Waals surface area (Å²) in [6, 6.07) is 6.54. The monoisotopic (exact) mass is 263 g/mol. The molecule has 0 saturated heterocycles. The van der Waals surface area contributed by atoms with E-state index >= 15 is 0 Å². The van der Waals surface area contributed by atoms with Crippen molar-refractivity contribution in [2.45, 2.75) is 20.3 Å². The van der Waals surface area contributed by atoms with Crippen molar-refractivity contribution in [3.8, 4) is 5.75 Å². The van der Waals surface area contributed by atoms with Gasteiger partial charge in [0.25, 0.3) is 5.91 Å². The van der Waals surface area contributed by atoms with Gasteiger partial charge in [-0.2, -0.15) is 0 Å². The maximum atomic E-state index is 11.7. The Kier molecular flexibility index (Phi) is 5.60. The summed E-state index contributed by atoms with van der Waals surface area (Å²) in [5.41, 5.74) is 1.30. The van der Waals surface area contributed by atoms with Crippen LogP contribution in [0.2, 0.25) is 0 Å². The Balaban J connectivity index is 2.59. The number of aliphatic carboxylic acids is 1. The van der Waals surface area contributed by atoms with Gasteiger partial charge in [0.15, 0.2) is 6.61 Å². The Labute approximate surface area is 111 Å². The van der Waals surface area contributed by atoms with Gasteiger partial charge in [-0.3, -0.25) is 4.79 Å². The fraction of sp³-hybridized carbons (Fsp3) is 0.286. The molecule has 0 saturated carbocycles. The number of allylic oxidation sites excluding steroid dienone is 1. The molecule has 0 atom stereocenters. The molecule has 0 radical (unpaired) electrons. The van der Waals surface area contributed by atoms with Gasteiger partial charge in [-0.1, -0.05) is 13.0 Å². The number of benzene rings is 1. The van der Waals surface area contributed by atoms with Crippen molar-refractivity contribution in [3.05, 3.63) is 35.9 Å². The smallest absolute Gasteiger partial charge is 0.341 e. The van der Waals surface area contributed by atoms with Gasteiger partial charge in [-0.15, -0.1) is 0 Å². The molecule has 0 aliphatic rings. The zero-order valence-corrected chi connectivity index (χ0v) is 11.0. The molecular formula is C14H17NO4. The first-order chi connectivity index (χ1) is 9.02. The first kappa shape index (κ1) is 14.8. The first-order valence-electron chi connectivity index (χ1n) is 5.95. The number of hydrogen-bond acceptors (Lipinski definition) is 3. The average Bonchev–Trinajstić information content (AvgIpc) is 2.38. The van der Waals surface area contributed by atoms with Gasteiger partial charge < -0.3 is 15.2 Å². The number of rotatable bonds is 6. The molecule has 0 spiro atoms. The summed E-state index contributed by atoms with van der Waals surface area (Å²) >= 11 is 0. The molecule has 1 rings (SSSR count). The van der Waals surface area contributed by atoms with Crippen LogP contribution in [-0.2, 0) is 9.59 Å². The van der Waals surface area contributed by atoms with Gasteiger partial charge in [-0.25, -0.2) is 4.79 Å². The van der Waals surface area contributed by atoms with E-state index in [4.69, 9.17) is 9.84 Å². The van der Waals surface area contributed by atoms with E-state index in [-0.39, 0.29) is 12.5 Å². The molecule has 5 heteroatoms. The summed E-state index contributed by atoms with van der Waals surface area (Å²) < 4.78 is 4.99. The van der Waals surface area contributed by atoms with Crippen molar-refractivity contribution < 1.29 is 19.4 Å². The fourth-order valence-corrected chi connectivity index (χ4v) is 1.41. The van der Waals surface area contributed by atoms with E-state index in [9.17, 15) is 9.59 Å². The van der Waals surface area contributed by atoms with Crippen LogP contribution in [0.3, 0.4) is 0 Å². The third-order valence-corrected chi connectivity index (χ3v) is 2.34. The van der Waals surface area contributed by atoms with E-state index in [1.54, 1.807) is 31.2 Å². The van der Waals surface area contributed by atoms with Crippen LogP contribution in [-0.4, -0.2) is 23.6 Å². The van der Waals surface area contributed by atoms with Crippen molar-refractivity contribution in [1.29, 1.82) is 0 Å². The molecule has 1 aromatic rings. The van der Waals surface area contributed by atoms with Gasteiger partial charge in [0.1, 0.15) is 5.75 Å². The minimum Gasteiger partial charge on any atom is -0.482 e. The van der Waals surface area contributed by atoms with Crippen LogP contribution in [0.4, 0.5) is 5.69 Å². The SMILES string of the molecule is CC/C=C(/C)C(=O)Nc1ccc(OCC(=O)O)cc1. The second-order valence-electron chi connectivity index (χ2n) is 3.96. The lowest BCUT2D eigenvalue weighted by Crippen LogP contribution is -2.12. The Morgan fingerprint density at radius 3 is 2.47 bits per heavy atom. The van der Waals surface area contributed by atoms with Crippen molar-refractivity contribution >= 4 is 17.6 Å². The third-order valence-electron chi connectivity index (χ3n) is 2.34. The van der Waals surface area contributed by atoms with E-state index < -0.39 is 5.97 Å². The summed E-state index contributed by atoms with van der Waals surface area (Å²) in [5, 5.41) is 11.2. The van der Waals surface area contributed by atoms with Crippen LogP contribution in [0.15, 0.2) is 35.9 Å². The van der Waals surface area contributed by atoms with Crippen LogP contribution in [0.5, 0.6) is 5.75 Å². The number of anilines is 1. The van der Waals surface area contributed by atoms with E-state index in [0.29, 0.717) is 17.0 Å². The number of hydrogen-bond donors (Lipinski definition) is 2. The molecule has 2 N–H and O–H groups in total. The highest BCUT2D eigenvalue weighted by atomic mass is 16.5. The molecule has 19 heavy (non-hydrogen) atoms. The highest BCUT2D eigenvalue weighted by molar-refractivity contribution is 6.03. The summed E-state index contributed by atoms with van der Waals surface area (Å²) in [6.45, 7) is 3.33. The molecule has 5 nitrogen and oxygen atoms in total. The quantitative estimate of drug-likeness (QED) is 0.773. The van der Waals surface area contributed by atoms with E-state index in [1.807, 2.05) is 13.0 Å². The minimum atomic E-state index is -1.03. The molecule has 1 amide bonds. The Hall–Kier alpha value is -2.30. The van der Waals surface area contributed by atoms with Crippen molar-refractivity contribution in [1.82, 2.24) is 0 Å². The third kappa shape index (κ3) is 5.25. The van der Waals surface area contributed by atoms with Crippen molar-refractivity contribution in [2.75, 3.05) is 11.9 Å². The van der Waals surface area contributed by atoms with Crippen LogP contribution < -0.4 is 10.1 Å². The predicted molar refractivity (Wildman–Crippen MR) is 72.3 cm³/mol. The second-order valence-corrected chi connectivity index (χ2v) is 3.96. The molecule has 0 fully saturated rings. The van der Waals surface area contributed by atoms with Gasteiger partial charge in [0, 0.05) is 11.3 Å². The van der Waals surface area contributed by atoms with Gasteiger partial charge >= 0.3 is 5.97 Å². The standard InChI is InChI=1S/C14H17NO4/c1-3-4-10(2)14(18)15-11-5-7-12(8-6-11)19-9-13(16)17/h4-8H,3,9H2,1-2H3,(H,15,18)(H,16,17)/b10-4-. The largest absolute Gasteiger partial charge is 0.482 e. The van der Waals surface area contributed by atoms with Crippen LogP contribution in [0.1, 0.15) is 20.3 Å². The Morgan fingerprint density at radius 2 is 1.95 bits per heavy atom. The summed E-state index contributed by atoms with van der Waals surface area (Å²) in [5.74, 6) is -0.736. The summed E-state index contributed by atoms with van der Waals surface area (Å²) in [6.07, 6.45) is 2.65. The van der Waals surface area contributed by atoms with Crippen molar-refractivity contribution in [3.63, 3.8) is 0 Å². The normalized spacial score (nSPS) is 10.9. The molecule has 0 aliphatic carbocycles. The molecule has 0 bridgehead atoms. The number of amides is 1. The van der Waals surface area contributed by atoms with E-state index in [2.05, 4.69) is 5.32 Å². The fourth-order valence-electron chi connectivity index (χ4n) is 1.41. The van der Waals surface area contributed by atoms with Gasteiger partial charge in [-0.05, 0) is 37.6 Å².